The average molecular weight is 465 g/mol. The second kappa shape index (κ2) is 10.6. The molecule has 2 aromatic carbocycles. The summed E-state index contributed by atoms with van der Waals surface area (Å²) >= 11 is 0. The predicted octanol–water partition coefficient (Wildman–Crippen LogP) is 6.36. The predicted molar refractivity (Wildman–Crippen MR) is 139 cm³/mol. The Balaban J connectivity index is 1.63. The molecular formula is C29H40N2O3. The van der Waals surface area contributed by atoms with Gasteiger partial charge in [-0.2, -0.15) is 0 Å². The molecule has 2 N–H and O–H groups in total. The van der Waals surface area contributed by atoms with Crippen molar-refractivity contribution in [2.24, 2.45) is 0 Å². The smallest absolute Gasteiger partial charge is 0.262 e. The lowest BCUT2D eigenvalue weighted by molar-refractivity contribution is -0.118. The number of anilines is 1. The first-order chi connectivity index (χ1) is 15.9. The fourth-order valence-corrected chi connectivity index (χ4v) is 4.30. The first-order valence-corrected chi connectivity index (χ1v) is 12.4. The standard InChI is InChI=1S/C29H40N2O3/c1-28(2,3)21-15-16-25(24(18-21)29(4,5)6)34-19-26(32)30-23-14-10-11-20(17-23)27(33)31-22-12-8-7-9-13-22/h10-11,14-18,22H,7-9,12-13,19H2,1-6H3,(H,30,32)(H,31,33). The minimum Gasteiger partial charge on any atom is -0.483 e. The third-order valence-corrected chi connectivity index (χ3v) is 6.36. The van der Waals surface area contributed by atoms with Crippen LogP contribution in [0.2, 0.25) is 0 Å². The highest BCUT2D eigenvalue weighted by atomic mass is 16.5. The van der Waals surface area contributed by atoms with Crippen molar-refractivity contribution in [2.45, 2.75) is 90.5 Å². The van der Waals surface area contributed by atoms with Gasteiger partial charge in [0.05, 0.1) is 0 Å². The zero-order chi connectivity index (χ0) is 24.9. The largest absolute Gasteiger partial charge is 0.483 e. The van der Waals surface area contributed by atoms with E-state index in [0.717, 1.165) is 37.0 Å². The minimum absolute atomic E-state index is 0.0319. The molecule has 0 spiro atoms. The Kier molecular flexibility index (Phi) is 8.06. The highest BCUT2D eigenvalue weighted by Crippen LogP contribution is 2.35. The molecule has 1 aliphatic carbocycles. The number of nitrogens with one attached hydrogen (secondary N) is 2. The quantitative estimate of drug-likeness (QED) is 0.522. The van der Waals surface area contributed by atoms with Gasteiger partial charge in [0.15, 0.2) is 6.61 Å². The Morgan fingerprint density at radius 3 is 2.26 bits per heavy atom. The van der Waals surface area contributed by atoms with Gasteiger partial charge in [-0.25, -0.2) is 0 Å². The zero-order valence-electron chi connectivity index (χ0n) is 21.6. The number of rotatable bonds is 6. The maximum atomic E-state index is 12.6. The van der Waals surface area contributed by atoms with Crippen LogP contribution in [0.15, 0.2) is 42.5 Å². The van der Waals surface area contributed by atoms with Gasteiger partial charge in [-0.15, -0.1) is 0 Å². The molecule has 0 aromatic heterocycles. The number of ether oxygens (including phenoxy) is 1. The molecule has 34 heavy (non-hydrogen) atoms. The summed E-state index contributed by atoms with van der Waals surface area (Å²) in [6, 6.07) is 13.5. The zero-order valence-corrected chi connectivity index (χ0v) is 21.6. The third-order valence-electron chi connectivity index (χ3n) is 6.36. The Bertz CT molecular complexity index is 1010. The second-order valence-electron chi connectivity index (χ2n) is 11.4. The van der Waals surface area contributed by atoms with E-state index in [1.54, 1.807) is 24.3 Å². The van der Waals surface area contributed by atoms with E-state index in [1.807, 2.05) is 6.07 Å². The van der Waals surface area contributed by atoms with Crippen molar-refractivity contribution in [1.82, 2.24) is 5.32 Å². The molecule has 0 radical (unpaired) electrons. The highest BCUT2D eigenvalue weighted by molar-refractivity contribution is 5.97. The summed E-state index contributed by atoms with van der Waals surface area (Å²) < 4.78 is 5.95. The van der Waals surface area contributed by atoms with Crippen molar-refractivity contribution in [3.8, 4) is 5.75 Å². The number of amides is 2. The topological polar surface area (TPSA) is 67.4 Å². The van der Waals surface area contributed by atoms with Gasteiger partial charge < -0.3 is 15.4 Å². The van der Waals surface area contributed by atoms with Gasteiger partial charge in [0, 0.05) is 17.3 Å². The summed E-state index contributed by atoms with van der Waals surface area (Å²) in [6.07, 6.45) is 5.64. The van der Waals surface area contributed by atoms with Crippen LogP contribution in [0.25, 0.3) is 0 Å². The van der Waals surface area contributed by atoms with Crippen LogP contribution >= 0.6 is 0 Å². The summed E-state index contributed by atoms with van der Waals surface area (Å²) in [6.45, 7) is 12.9. The summed E-state index contributed by atoms with van der Waals surface area (Å²) in [4.78, 5) is 25.3. The van der Waals surface area contributed by atoms with E-state index in [9.17, 15) is 9.59 Å². The fraction of sp³-hybridized carbons (Fsp3) is 0.517. The van der Waals surface area contributed by atoms with Crippen LogP contribution in [-0.2, 0) is 15.6 Å². The van der Waals surface area contributed by atoms with Crippen molar-refractivity contribution < 1.29 is 14.3 Å². The number of carbonyl (C=O) groups is 2. The van der Waals surface area contributed by atoms with Crippen LogP contribution in [0.5, 0.6) is 5.75 Å². The van der Waals surface area contributed by atoms with Gasteiger partial charge in [0.25, 0.3) is 11.8 Å². The SMILES string of the molecule is CC(C)(C)c1ccc(OCC(=O)Nc2cccc(C(=O)NC3CCCCC3)c2)c(C(C)(C)C)c1. The first kappa shape index (κ1) is 25.8. The number of hydrogen-bond donors (Lipinski definition) is 2. The van der Waals surface area contributed by atoms with E-state index in [0.29, 0.717) is 11.3 Å². The van der Waals surface area contributed by atoms with Gasteiger partial charge >= 0.3 is 0 Å². The van der Waals surface area contributed by atoms with Crippen molar-refractivity contribution >= 4 is 17.5 Å². The monoisotopic (exact) mass is 464 g/mol. The van der Waals surface area contributed by atoms with Crippen molar-refractivity contribution in [3.05, 3.63) is 59.2 Å². The third kappa shape index (κ3) is 7.09. The molecule has 3 rings (SSSR count). The van der Waals surface area contributed by atoms with E-state index in [-0.39, 0.29) is 35.3 Å². The molecule has 2 amide bonds. The highest BCUT2D eigenvalue weighted by Gasteiger charge is 2.23. The van der Waals surface area contributed by atoms with Gasteiger partial charge in [0.2, 0.25) is 0 Å². The van der Waals surface area contributed by atoms with E-state index in [1.165, 1.54) is 12.0 Å². The molecule has 2 aromatic rings. The van der Waals surface area contributed by atoms with Crippen LogP contribution in [0.4, 0.5) is 5.69 Å². The van der Waals surface area contributed by atoms with Crippen molar-refractivity contribution in [2.75, 3.05) is 11.9 Å². The first-order valence-electron chi connectivity index (χ1n) is 12.4. The average Bonchev–Trinajstić information content (AvgIpc) is 2.77. The molecule has 1 saturated carbocycles. The Morgan fingerprint density at radius 1 is 0.912 bits per heavy atom. The molecule has 0 aliphatic heterocycles. The van der Waals surface area contributed by atoms with Crippen LogP contribution in [-0.4, -0.2) is 24.5 Å². The molecule has 1 aliphatic rings. The van der Waals surface area contributed by atoms with Gasteiger partial charge in [0.1, 0.15) is 5.75 Å². The molecule has 0 saturated heterocycles. The summed E-state index contributed by atoms with van der Waals surface area (Å²) in [7, 11) is 0. The Labute approximate surface area is 204 Å². The maximum Gasteiger partial charge on any atom is 0.262 e. The molecule has 5 nitrogen and oxygen atoms in total. The maximum absolute atomic E-state index is 12.6. The van der Waals surface area contributed by atoms with Gasteiger partial charge in [-0.3, -0.25) is 9.59 Å². The lowest BCUT2D eigenvalue weighted by Crippen LogP contribution is -2.36. The molecule has 1 fully saturated rings. The van der Waals surface area contributed by atoms with E-state index in [2.05, 4.69) is 64.3 Å². The summed E-state index contributed by atoms with van der Waals surface area (Å²) in [5, 5.41) is 5.98. The Hall–Kier alpha value is -2.82. The molecule has 0 atom stereocenters. The summed E-state index contributed by atoms with van der Waals surface area (Å²) in [5.41, 5.74) is 3.37. The van der Waals surface area contributed by atoms with Crippen LogP contribution < -0.4 is 15.4 Å². The van der Waals surface area contributed by atoms with Crippen LogP contribution in [0, 0.1) is 0 Å². The number of hydrogen-bond acceptors (Lipinski definition) is 3. The summed E-state index contributed by atoms with van der Waals surface area (Å²) in [5.74, 6) is 0.369. The van der Waals surface area contributed by atoms with E-state index >= 15 is 0 Å². The molecule has 0 bridgehead atoms. The normalized spacial score (nSPS) is 15.0. The molecule has 0 heterocycles. The van der Waals surface area contributed by atoms with Crippen LogP contribution in [0.3, 0.4) is 0 Å². The van der Waals surface area contributed by atoms with Gasteiger partial charge in [-0.05, 0) is 59.1 Å². The van der Waals surface area contributed by atoms with Crippen molar-refractivity contribution in [3.63, 3.8) is 0 Å². The van der Waals surface area contributed by atoms with E-state index in [4.69, 9.17) is 4.74 Å². The Morgan fingerprint density at radius 2 is 1.62 bits per heavy atom. The molecule has 184 valence electrons. The second-order valence-corrected chi connectivity index (χ2v) is 11.4. The number of carbonyl (C=O) groups excluding carboxylic acids is 2. The fourth-order valence-electron chi connectivity index (χ4n) is 4.30. The molecule has 0 unspecified atom stereocenters. The number of benzene rings is 2. The lowest BCUT2D eigenvalue weighted by Gasteiger charge is -2.27. The lowest BCUT2D eigenvalue weighted by atomic mass is 9.80. The van der Waals surface area contributed by atoms with E-state index < -0.39 is 0 Å². The molecular weight excluding hydrogens is 424 g/mol. The van der Waals surface area contributed by atoms with Gasteiger partial charge in [-0.1, -0.05) is 79.0 Å². The minimum atomic E-state index is -0.260. The van der Waals surface area contributed by atoms with Crippen LogP contribution in [0.1, 0.15) is 95.1 Å². The van der Waals surface area contributed by atoms with Crippen molar-refractivity contribution in [1.29, 1.82) is 0 Å². The molecule has 5 heteroatoms.